The van der Waals surface area contributed by atoms with E-state index >= 15 is 4.39 Å². The maximum atomic E-state index is 15.3. The zero-order chi connectivity index (χ0) is 23.1. The average molecular weight is 453 g/mol. The fourth-order valence-electron chi connectivity index (χ4n) is 4.70. The predicted octanol–water partition coefficient (Wildman–Crippen LogP) is 3.68. The van der Waals surface area contributed by atoms with Crippen molar-refractivity contribution in [2.45, 2.75) is 12.8 Å². The maximum absolute atomic E-state index is 15.3. The zero-order valence-corrected chi connectivity index (χ0v) is 18.5. The van der Waals surface area contributed by atoms with Crippen molar-refractivity contribution in [3.8, 4) is 17.1 Å². The minimum Gasteiger partial charge on any atom is -0.467 e. The maximum Gasteiger partial charge on any atom is 0.316 e. The number of aromatic amines is 1. The van der Waals surface area contributed by atoms with Crippen LogP contribution in [0, 0.1) is 17.6 Å². The molecule has 0 bridgehead atoms. The van der Waals surface area contributed by atoms with Crippen LogP contribution in [0.2, 0.25) is 0 Å². The summed E-state index contributed by atoms with van der Waals surface area (Å²) in [6, 6.07) is 1.39. The first kappa shape index (κ1) is 21.3. The molecule has 4 aromatic rings. The smallest absolute Gasteiger partial charge is 0.316 e. The Balaban J connectivity index is 1.84. The molecule has 0 aliphatic carbocycles. The number of pyridine rings is 1. The van der Waals surface area contributed by atoms with Gasteiger partial charge < -0.3 is 25.7 Å². The van der Waals surface area contributed by atoms with E-state index in [1.54, 1.807) is 25.6 Å². The number of aromatic nitrogens is 4. The number of fused-ring (bicyclic) bond motifs is 3. The van der Waals surface area contributed by atoms with Crippen molar-refractivity contribution in [2.24, 2.45) is 11.7 Å². The molecule has 1 aliphatic rings. The van der Waals surface area contributed by atoms with Gasteiger partial charge in [0.1, 0.15) is 5.65 Å². The highest BCUT2D eigenvalue weighted by molar-refractivity contribution is 6.18. The highest BCUT2D eigenvalue weighted by Gasteiger charge is 2.28. The van der Waals surface area contributed by atoms with Gasteiger partial charge in [-0.1, -0.05) is 0 Å². The van der Waals surface area contributed by atoms with Crippen molar-refractivity contribution >= 4 is 33.3 Å². The molecule has 1 atom stereocenters. The molecule has 0 radical (unpaired) electrons. The van der Waals surface area contributed by atoms with Gasteiger partial charge in [-0.3, -0.25) is 0 Å². The number of nitrogens with one attached hydrogen (secondary N) is 2. The van der Waals surface area contributed by atoms with Gasteiger partial charge in [-0.05, 0) is 25.3 Å². The van der Waals surface area contributed by atoms with E-state index in [2.05, 4.69) is 30.2 Å². The lowest BCUT2D eigenvalue weighted by atomic mass is 9.95. The molecule has 0 spiro atoms. The van der Waals surface area contributed by atoms with Gasteiger partial charge >= 0.3 is 6.01 Å². The Morgan fingerprint density at radius 1 is 1.21 bits per heavy atom. The molecule has 0 saturated carbocycles. The average Bonchev–Trinajstić information content (AvgIpc) is 3.25. The first-order valence-corrected chi connectivity index (χ1v) is 10.9. The van der Waals surface area contributed by atoms with E-state index in [4.69, 9.17) is 10.5 Å². The van der Waals surface area contributed by atoms with E-state index in [0.29, 0.717) is 46.8 Å². The van der Waals surface area contributed by atoms with Gasteiger partial charge in [-0.15, -0.1) is 0 Å². The van der Waals surface area contributed by atoms with E-state index in [1.807, 2.05) is 0 Å². The monoisotopic (exact) mass is 453 g/mol. The summed E-state index contributed by atoms with van der Waals surface area (Å²) in [6.45, 7) is 2.04. The van der Waals surface area contributed by atoms with Crippen molar-refractivity contribution in [1.29, 1.82) is 0 Å². The summed E-state index contributed by atoms with van der Waals surface area (Å²) < 4.78 is 34.9. The molecule has 0 amide bonds. The van der Waals surface area contributed by atoms with Gasteiger partial charge in [-0.2, -0.15) is 0 Å². The molecule has 4 N–H and O–H groups in total. The fraction of sp³-hybridized carbons (Fsp3) is 0.348. The molecule has 10 heteroatoms. The van der Waals surface area contributed by atoms with E-state index in [0.717, 1.165) is 36.7 Å². The van der Waals surface area contributed by atoms with Crippen LogP contribution in [0.5, 0.6) is 6.01 Å². The predicted molar refractivity (Wildman–Crippen MR) is 125 cm³/mol. The third-order valence-corrected chi connectivity index (χ3v) is 6.32. The number of halogens is 2. The minimum absolute atomic E-state index is 0.169. The van der Waals surface area contributed by atoms with Crippen LogP contribution >= 0.6 is 0 Å². The van der Waals surface area contributed by atoms with E-state index in [1.165, 1.54) is 7.11 Å². The second-order valence-corrected chi connectivity index (χ2v) is 8.24. The summed E-state index contributed by atoms with van der Waals surface area (Å²) in [6.07, 6.45) is 6.99. The number of nitrogens with two attached hydrogens (primary N) is 1. The fourth-order valence-corrected chi connectivity index (χ4v) is 4.70. The first-order chi connectivity index (χ1) is 16.0. The molecule has 1 aliphatic heterocycles. The van der Waals surface area contributed by atoms with Gasteiger partial charge in [0.2, 0.25) is 0 Å². The second-order valence-electron chi connectivity index (χ2n) is 8.24. The Labute approximate surface area is 189 Å². The Morgan fingerprint density at radius 3 is 2.70 bits per heavy atom. The number of nitrogens with zero attached hydrogens (tertiary/aromatic N) is 4. The van der Waals surface area contributed by atoms with Gasteiger partial charge in [0.25, 0.3) is 0 Å². The Bertz CT molecular complexity index is 1320. The molecule has 1 fully saturated rings. The van der Waals surface area contributed by atoms with Gasteiger partial charge in [0, 0.05) is 55.9 Å². The molecule has 5 rings (SSSR count). The van der Waals surface area contributed by atoms with Crippen LogP contribution in [0.3, 0.4) is 0 Å². The van der Waals surface area contributed by atoms with E-state index in [9.17, 15) is 4.39 Å². The number of hydrogen-bond acceptors (Lipinski definition) is 7. The lowest BCUT2D eigenvalue weighted by molar-refractivity contribution is 0.380. The summed E-state index contributed by atoms with van der Waals surface area (Å²) in [4.78, 5) is 18.4. The van der Waals surface area contributed by atoms with Crippen LogP contribution in [0.4, 0.5) is 20.2 Å². The third kappa shape index (κ3) is 3.50. The molecule has 1 saturated heterocycles. The highest BCUT2D eigenvalue weighted by Crippen LogP contribution is 2.43. The third-order valence-electron chi connectivity index (χ3n) is 6.32. The molecular formula is C23H25F2N7O. The van der Waals surface area contributed by atoms with Crippen LogP contribution in [0.25, 0.3) is 33.1 Å². The van der Waals surface area contributed by atoms with Crippen molar-refractivity contribution < 1.29 is 13.5 Å². The van der Waals surface area contributed by atoms with E-state index in [-0.39, 0.29) is 11.4 Å². The number of methoxy groups -OCH3 is 1. The number of piperidine rings is 1. The number of rotatable bonds is 5. The van der Waals surface area contributed by atoms with Crippen molar-refractivity contribution in [3.05, 3.63) is 36.3 Å². The molecule has 8 nitrogen and oxygen atoms in total. The summed E-state index contributed by atoms with van der Waals surface area (Å²) in [7, 11) is 3.17. The molecular weight excluding hydrogens is 428 g/mol. The largest absolute Gasteiger partial charge is 0.467 e. The number of anilines is 2. The SMILES string of the molecule is CNc1cc(F)c(F)c2c1[nH]c1ncc(-c3cnc(OC)nc3)c(N3CCC[C@@H](CN)C3)c12. The van der Waals surface area contributed by atoms with Crippen LogP contribution in [0.1, 0.15) is 12.8 Å². The number of H-pyrrole nitrogens is 1. The number of hydrogen-bond donors (Lipinski definition) is 3. The minimum atomic E-state index is -0.921. The Hall–Kier alpha value is -3.53. The summed E-state index contributed by atoms with van der Waals surface area (Å²) in [5.41, 5.74) is 9.61. The molecule has 1 aromatic carbocycles. The lowest BCUT2D eigenvalue weighted by Gasteiger charge is -2.35. The molecule has 0 unspecified atom stereocenters. The van der Waals surface area contributed by atoms with Crippen molar-refractivity contribution in [1.82, 2.24) is 19.9 Å². The lowest BCUT2D eigenvalue weighted by Crippen LogP contribution is -2.38. The van der Waals surface area contributed by atoms with E-state index < -0.39 is 11.6 Å². The van der Waals surface area contributed by atoms with Gasteiger partial charge in [-0.25, -0.2) is 23.7 Å². The molecule has 4 heterocycles. The molecule has 172 valence electrons. The zero-order valence-electron chi connectivity index (χ0n) is 18.5. The summed E-state index contributed by atoms with van der Waals surface area (Å²) in [5.74, 6) is -1.52. The van der Waals surface area contributed by atoms with Gasteiger partial charge in [0.05, 0.1) is 34.8 Å². The van der Waals surface area contributed by atoms with Crippen LogP contribution in [0.15, 0.2) is 24.7 Å². The Morgan fingerprint density at radius 2 is 2.00 bits per heavy atom. The van der Waals surface area contributed by atoms with Crippen molar-refractivity contribution in [3.63, 3.8) is 0 Å². The molecule has 33 heavy (non-hydrogen) atoms. The second kappa shape index (κ2) is 8.43. The summed E-state index contributed by atoms with van der Waals surface area (Å²) in [5, 5.41) is 3.64. The molecule has 3 aromatic heterocycles. The van der Waals surface area contributed by atoms with Crippen LogP contribution in [-0.4, -0.2) is 53.7 Å². The van der Waals surface area contributed by atoms with Crippen LogP contribution in [-0.2, 0) is 0 Å². The number of ether oxygens (including phenoxy) is 1. The van der Waals surface area contributed by atoms with Crippen molar-refractivity contribution in [2.75, 3.05) is 44.0 Å². The number of benzene rings is 1. The topological polar surface area (TPSA) is 105 Å². The highest BCUT2D eigenvalue weighted by atomic mass is 19.2. The van der Waals surface area contributed by atoms with Crippen LogP contribution < -0.4 is 20.7 Å². The van der Waals surface area contributed by atoms with Gasteiger partial charge in [0.15, 0.2) is 11.6 Å². The standard InChI is InChI=1S/C23H25F2N7O/c1-27-16-6-15(24)19(25)17-18-21(32-5-3-4-12(7-26)11-32)14(10-28-22(18)31-20(16)17)13-8-29-23(33-2)30-9-13/h6,8-10,12,27H,3-5,7,11,26H2,1-2H3,(H,28,31)/t12-/m0/s1. The normalized spacial score (nSPS) is 16.5. The first-order valence-electron chi connectivity index (χ1n) is 10.9. The Kier molecular flexibility index (Phi) is 5.45. The quantitative estimate of drug-likeness (QED) is 0.423. The summed E-state index contributed by atoms with van der Waals surface area (Å²) >= 11 is 0.